The van der Waals surface area contributed by atoms with Gasteiger partial charge in [0.25, 0.3) is 0 Å². The van der Waals surface area contributed by atoms with E-state index in [4.69, 9.17) is 11.6 Å². The van der Waals surface area contributed by atoms with Gasteiger partial charge >= 0.3 is 5.97 Å². The van der Waals surface area contributed by atoms with Gasteiger partial charge < -0.3 is 15.0 Å². The third kappa shape index (κ3) is 4.29. The largest absolute Gasteiger partial charge is 0.465 e. The van der Waals surface area contributed by atoms with Crippen molar-refractivity contribution in [3.63, 3.8) is 0 Å². The Bertz CT molecular complexity index is 772. The van der Waals surface area contributed by atoms with E-state index in [1.54, 1.807) is 30.3 Å². The molecule has 2 heterocycles. The Labute approximate surface area is 156 Å². The SMILES string of the molecule is COC(=O)c1ccc(NC(=O)C2CCN(c3ccc(Cl)nn3)CC2)cc1. The van der Waals surface area contributed by atoms with Crippen molar-refractivity contribution in [2.45, 2.75) is 12.8 Å². The topological polar surface area (TPSA) is 84.4 Å². The molecule has 0 atom stereocenters. The number of ether oxygens (including phenoxy) is 1. The molecule has 136 valence electrons. The average Bonchev–Trinajstić information content (AvgIpc) is 2.68. The van der Waals surface area contributed by atoms with E-state index in [0.717, 1.165) is 31.7 Å². The van der Waals surface area contributed by atoms with Crippen LogP contribution in [0.15, 0.2) is 36.4 Å². The van der Waals surface area contributed by atoms with E-state index in [9.17, 15) is 9.59 Å². The summed E-state index contributed by atoms with van der Waals surface area (Å²) in [7, 11) is 1.33. The molecule has 1 fully saturated rings. The van der Waals surface area contributed by atoms with Crippen LogP contribution in [-0.2, 0) is 9.53 Å². The summed E-state index contributed by atoms with van der Waals surface area (Å²) < 4.78 is 4.66. The molecule has 1 N–H and O–H groups in total. The zero-order valence-electron chi connectivity index (χ0n) is 14.3. The van der Waals surface area contributed by atoms with Gasteiger partial charge in [-0.2, -0.15) is 0 Å². The average molecular weight is 375 g/mol. The van der Waals surface area contributed by atoms with Crippen LogP contribution in [0.25, 0.3) is 0 Å². The van der Waals surface area contributed by atoms with Crippen LogP contribution in [0, 0.1) is 5.92 Å². The first-order valence-corrected chi connectivity index (χ1v) is 8.68. The Morgan fingerprint density at radius 1 is 1.12 bits per heavy atom. The number of esters is 1. The summed E-state index contributed by atoms with van der Waals surface area (Å²) in [5, 5.41) is 11.2. The smallest absolute Gasteiger partial charge is 0.337 e. The summed E-state index contributed by atoms with van der Waals surface area (Å²) in [6.07, 6.45) is 1.47. The van der Waals surface area contributed by atoms with Crippen LogP contribution in [0.2, 0.25) is 5.15 Å². The minimum absolute atomic E-state index is 0.0161. The lowest BCUT2D eigenvalue weighted by atomic mass is 9.96. The third-order valence-electron chi connectivity index (χ3n) is 4.38. The monoisotopic (exact) mass is 374 g/mol. The van der Waals surface area contributed by atoms with E-state index in [1.165, 1.54) is 7.11 Å². The molecule has 8 heteroatoms. The molecule has 0 radical (unpaired) electrons. The van der Waals surface area contributed by atoms with Crippen LogP contribution in [0.1, 0.15) is 23.2 Å². The van der Waals surface area contributed by atoms with Gasteiger partial charge in [0, 0.05) is 24.7 Å². The molecule has 1 aromatic heterocycles. The van der Waals surface area contributed by atoms with Crippen LogP contribution < -0.4 is 10.2 Å². The first-order chi connectivity index (χ1) is 12.6. The Balaban J connectivity index is 1.53. The summed E-state index contributed by atoms with van der Waals surface area (Å²) in [6.45, 7) is 1.46. The van der Waals surface area contributed by atoms with Gasteiger partial charge in [0.15, 0.2) is 11.0 Å². The van der Waals surface area contributed by atoms with Gasteiger partial charge in [-0.1, -0.05) is 11.6 Å². The highest BCUT2D eigenvalue weighted by Crippen LogP contribution is 2.23. The maximum atomic E-state index is 12.5. The van der Waals surface area contributed by atoms with E-state index in [0.29, 0.717) is 16.4 Å². The highest BCUT2D eigenvalue weighted by molar-refractivity contribution is 6.29. The first kappa shape index (κ1) is 18.1. The van der Waals surface area contributed by atoms with Gasteiger partial charge in [-0.05, 0) is 49.2 Å². The number of piperidine rings is 1. The fourth-order valence-electron chi connectivity index (χ4n) is 2.90. The standard InChI is InChI=1S/C18H19ClN4O3/c1-26-18(25)13-2-4-14(5-3-13)20-17(24)12-8-10-23(11-9-12)16-7-6-15(19)21-22-16/h2-7,12H,8-11H2,1H3,(H,20,24). The van der Waals surface area contributed by atoms with Crippen LogP contribution in [-0.4, -0.2) is 42.3 Å². The lowest BCUT2D eigenvalue weighted by Crippen LogP contribution is -2.38. The number of hydrogen-bond donors (Lipinski definition) is 1. The van der Waals surface area contributed by atoms with Gasteiger partial charge in [-0.3, -0.25) is 4.79 Å². The summed E-state index contributed by atoms with van der Waals surface area (Å²) in [6, 6.07) is 10.2. The summed E-state index contributed by atoms with van der Waals surface area (Å²) >= 11 is 5.76. The lowest BCUT2D eigenvalue weighted by molar-refractivity contribution is -0.120. The fourth-order valence-corrected chi connectivity index (χ4v) is 3.00. The number of nitrogens with zero attached hydrogens (tertiary/aromatic N) is 3. The minimum Gasteiger partial charge on any atom is -0.465 e. The zero-order chi connectivity index (χ0) is 18.5. The molecule has 0 unspecified atom stereocenters. The van der Waals surface area contributed by atoms with Crippen LogP contribution in [0.5, 0.6) is 0 Å². The number of benzene rings is 1. The summed E-state index contributed by atoms with van der Waals surface area (Å²) in [5.41, 5.74) is 1.11. The number of amides is 1. The zero-order valence-corrected chi connectivity index (χ0v) is 15.1. The van der Waals surface area contributed by atoms with Crippen molar-refractivity contribution in [2.75, 3.05) is 30.4 Å². The summed E-state index contributed by atoms with van der Waals surface area (Å²) in [4.78, 5) is 26.0. The molecule has 26 heavy (non-hydrogen) atoms. The van der Waals surface area contributed by atoms with Gasteiger partial charge in [0.1, 0.15) is 0 Å². The Morgan fingerprint density at radius 3 is 2.38 bits per heavy atom. The molecule has 3 rings (SSSR count). The number of anilines is 2. The second-order valence-corrected chi connectivity index (χ2v) is 6.42. The molecule has 0 aliphatic carbocycles. The highest BCUT2D eigenvalue weighted by Gasteiger charge is 2.25. The number of carbonyl (C=O) groups is 2. The van der Waals surface area contributed by atoms with E-state index < -0.39 is 5.97 Å². The second kappa shape index (κ2) is 8.14. The van der Waals surface area contributed by atoms with E-state index in [2.05, 4.69) is 25.2 Å². The Hall–Kier alpha value is -2.67. The maximum Gasteiger partial charge on any atom is 0.337 e. The molecule has 1 aliphatic rings. The lowest BCUT2D eigenvalue weighted by Gasteiger charge is -2.31. The fraction of sp³-hybridized carbons (Fsp3) is 0.333. The minimum atomic E-state index is -0.402. The van der Waals surface area contributed by atoms with Crippen LogP contribution in [0.4, 0.5) is 11.5 Å². The molecular formula is C18H19ClN4O3. The van der Waals surface area contributed by atoms with E-state index in [-0.39, 0.29) is 11.8 Å². The molecule has 1 amide bonds. The predicted molar refractivity (Wildman–Crippen MR) is 98.4 cm³/mol. The van der Waals surface area contributed by atoms with E-state index in [1.807, 2.05) is 6.07 Å². The molecule has 1 aliphatic heterocycles. The number of nitrogens with one attached hydrogen (secondary N) is 1. The van der Waals surface area contributed by atoms with Gasteiger partial charge in [-0.25, -0.2) is 4.79 Å². The molecule has 1 aromatic carbocycles. The molecular weight excluding hydrogens is 356 g/mol. The normalized spacial score (nSPS) is 14.8. The highest BCUT2D eigenvalue weighted by atomic mass is 35.5. The van der Waals surface area contributed by atoms with Crippen LogP contribution in [0.3, 0.4) is 0 Å². The van der Waals surface area contributed by atoms with Crippen molar-refractivity contribution < 1.29 is 14.3 Å². The van der Waals surface area contributed by atoms with Gasteiger partial charge in [0.05, 0.1) is 12.7 Å². The van der Waals surface area contributed by atoms with Crippen molar-refractivity contribution in [1.82, 2.24) is 10.2 Å². The maximum absolute atomic E-state index is 12.5. The summed E-state index contributed by atoms with van der Waals surface area (Å²) in [5.74, 6) is 0.289. The van der Waals surface area contributed by atoms with Gasteiger partial charge in [-0.15, -0.1) is 10.2 Å². The molecule has 0 bridgehead atoms. The first-order valence-electron chi connectivity index (χ1n) is 8.30. The number of methoxy groups -OCH3 is 1. The molecule has 0 saturated carbocycles. The predicted octanol–water partition coefficient (Wildman–Crippen LogP) is 2.77. The molecule has 1 saturated heterocycles. The van der Waals surface area contributed by atoms with Gasteiger partial charge in [0.2, 0.25) is 5.91 Å². The van der Waals surface area contributed by atoms with Crippen molar-refractivity contribution in [1.29, 1.82) is 0 Å². The molecule has 7 nitrogen and oxygen atoms in total. The number of rotatable bonds is 4. The number of aromatic nitrogens is 2. The van der Waals surface area contributed by atoms with E-state index >= 15 is 0 Å². The number of hydrogen-bond acceptors (Lipinski definition) is 6. The van der Waals surface area contributed by atoms with Crippen molar-refractivity contribution in [2.24, 2.45) is 5.92 Å². The quantitative estimate of drug-likeness (QED) is 0.828. The third-order valence-corrected chi connectivity index (χ3v) is 4.58. The second-order valence-electron chi connectivity index (χ2n) is 6.03. The molecule has 0 spiro atoms. The number of carbonyl (C=O) groups excluding carboxylic acids is 2. The Morgan fingerprint density at radius 2 is 1.81 bits per heavy atom. The van der Waals surface area contributed by atoms with Crippen molar-refractivity contribution >= 4 is 35.0 Å². The number of halogens is 1. The van der Waals surface area contributed by atoms with Crippen molar-refractivity contribution in [3.05, 3.63) is 47.1 Å². The molecule has 2 aromatic rings. The Kier molecular flexibility index (Phi) is 5.68. The van der Waals surface area contributed by atoms with Crippen LogP contribution >= 0.6 is 11.6 Å². The van der Waals surface area contributed by atoms with Crippen molar-refractivity contribution in [3.8, 4) is 0 Å².